The fourth-order valence-electron chi connectivity index (χ4n) is 2.73. The second-order valence-corrected chi connectivity index (χ2v) is 6.97. The Morgan fingerprint density at radius 2 is 1.73 bits per heavy atom. The monoisotopic (exact) mass is 384 g/mol. The molecule has 0 fully saturated rings. The van der Waals surface area contributed by atoms with Gasteiger partial charge in [0.25, 0.3) is 0 Å². The summed E-state index contributed by atoms with van der Waals surface area (Å²) < 4.78 is 1.99. The van der Waals surface area contributed by atoms with Gasteiger partial charge in [0.15, 0.2) is 5.11 Å². The number of rotatable bonds is 5. The predicted octanol–water partition coefficient (Wildman–Crippen LogP) is 4.69. The number of thiocarbonyl (C=S) groups is 1. The van der Waals surface area contributed by atoms with Crippen LogP contribution in [0.15, 0.2) is 54.6 Å². The zero-order chi connectivity index (χ0) is 18.5. The Bertz CT molecular complexity index is 888. The van der Waals surface area contributed by atoms with E-state index in [1.165, 1.54) is 5.56 Å². The van der Waals surface area contributed by atoms with E-state index in [9.17, 15) is 0 Å². The van der Waals surface area contributed by atoms with Gasteiger partial charge < -0.3 is 10.6 Å². The van der Waals surface area contributed by atoms with Crippen molar-refractivity contribution in [3.63, 3.8) is 0 Å². The average molecular weight is 385 g/mol. The Balaban J connectivity index is 1.63. The number of nitrogens with zero attached hydrogens (tertiary/aromatic N) is 2. The molecule has 0 atom stereocenters. The van der Waals surface area contributed by atoms with Crippen LogP contribution in [0, 0.1) is 13.8 Å². The third-order valence-electron chi connectivity index (χ3n) is 4.16. The molecule has 134 valence electrons. The average Bonchev–Trinajstić information content (AvgIpc) is 2.89. The molecule has 6 heteroatoms. The highest BCUT2D eigenvalue weighted by Gasteiger charge is 2.13. The van der Waals surface area contributed by atoms with Crippen LogP contribution < -0.4 is 10.6 Å². The first-order valence-corrected chi connectivity index (χ1v) is 9.19. The number of nitrogens with one attached hydrogen (secondary N) is 2. The van der Waals surface area contributed by atoms with Crippen molar-refractivity contribution in [2.24, 2.45) is 0 Å². The molecule has 0 aliphatic rings. The molecular weight excluding hydrogens is 364 g/mol. The Hall–Kier alpha value is -2.37. The van der Waals surface area contributed by atoms with Gasteiger partial charge in [0.2, 0.25) is 0 Å². The van der Waals surface area contributed by atoms with E-state index in [2.05, 4.69) is 27.9 Å². The van der Waals surface area contributed by atoms with Crippen LogP contribution in [0.25, 0.3) is 0 Å². The van der Waals surface area contributed by atoms with Crippen molar-refractivity contribution in [3.8, 4) is 0 Å². The largest absolute Gasteiger partial charge is 0.358 e. The molecule has 4 nitrogen and oxygen atoms in total. The number of hydrogen-bond donors (Lipinski definition) is 2. The number of benzene rings is 2. The van der Waals surface area contributed by atoms with Crippen LogP contribution in [0.2, 0.25) is 5.02 Å². The molecule has 0 aliphatic carbocycles. The standard InChI is InChI=1S/C20H21ClN4S/c1-14-19(15(2)25(24-14)13-17-6-4-3-5-7-17)23-20(26)22-12-16-8-10-18(21)11-9-16/h3-11H,12-13H2,1-2H3,(H2,22,23,26). The van der Waals surface area contributed by atoms with Gasteiger partial charge in [-0.15, -0.1) is 0 Å². The zero-order valence-electron chi connectivity index (χ0n) is 14.8. The maximum absolute atomic E-state index is 5.91. The van der Waals surface area contributed by atoms with Crippen molar-refractivity contribution in [3.05, 3.63) is 82.1 Å². The van der Waals surface area contributed by atoms with E-state index in [0.29, 0.717) is 11.7 Å². The molecule has 0 saturated heterocycles. The summed E-state index contributed by atoms with van der Waals surface area (Å²) in [5, 5.41) is 12.4. The highest BCUT2D eigenvalue weighted by molar-refractivity contribution is 7.80. The van der Waals surface area contributed by atoms with Crippen LogP contribution in [0.4, 0.5) is 5.69 Å². The third-order valence-corrected chi connectivity index (χ3v) is 4.66. The lowest BCUT2D eigenvalue weighted by Gasteiger charge is -2.11. The van der Waals surface area contributed by atoms with Crippen LogP contribution >= 0.6 is 23.8 Å². The van der Waals surface area contributed by atoms with Gasteiger partial charge in [-0.05, 0) is 49.3 Å². The number of aromatic nitrogens is 2. The molecule has 0 bridgehead atoms. The molecule has 0 unspecified atom stereocenters. The van der Waals surface area contributed by atoms with Crippen LogP contribution in [-0.2, 0) is 13.1 Å². The Kier molecular flexibility index (Phi) is 5.91. The SMILES string of the molecule is Cc1nn(Cc2ccccc2)c(C)c1NC(=S)NCc1ccc(Cl)cc1. The van der Waals surface area contributed by atoms with Gasteiger partial charge in [-0.25, -0.2) is 0 Å². The fourth-order valence-corrected chi connectivity index (χ4v) is 3.03. The molecule has 0 aliphatic heterocycles. The summed E-state index contributed by atoms with van der Waals surface area (Å²) in [5.41, 5.74) is 5.27. The van der Waals surface area contributed by atoms with Gasteiger partial charge in [0.1, 0.15) is 0 Å². The lowest BCUT2D eigenvalue weighted by Crippen LogP contribution is -2.28. The van der Waals surface area contributed by atoms with E-state index >= 15 is 0 Å². The molecule has 0 saturated carbocycles. The first kappa shape index (κ1) is 18.4. The van der Waals surface area contributed by atoms with Gasteiger partial charge in [-0.3, -0.25) is 4.68 Å². The molecular formula is C20H21ClN4S. The quantitative estimate of drug-likeness (QED) is 0.626. The molecule has 2 N–H and O–H groups in total. The molecule has 26 heavy (non-hydrogen) atoms. The smallest absolute Gasteiger partial charge is 0.171 e. The summed E-state index contributed by atoms with van der Waals surface area (Å²) in [4.78, 5) is 0. The van der Waals surface area contributed by atoms with E-state index in [0.717, 1.165) is 34.2 Å². The Labute approximate surface area is 164 Å². The second-order valence-electron chi connectivity index (χ2n) is 6.12. The third kappa shape index (κ3) is 4.62. The van der Waals surface area contributed by atoms with Crippen molar-refractivity contribution in [2.45, 2.75) is 26.9 Å². The lowest BCUT2D eigenvalue weighted by molar-refractivity contribution is 0.659. The van der Waals surface area contributed by atoms with E-state index in [4.69, 9.17) is 23.8 Å². The van der Waals surface area contributed by atoms with E-state index in [1.54, 1.807) is 0 Å². The molecule has 1 heterocycles. The zero-order valence-corrected chi connectivity index (χ0v) is 16.4. The van der Waals surface area contributed by atoms with Gasteiger partial charge in [-0.2, -0.15) is 5.10 Å². The van der Waals surface area contributed by atoms with Crippen LogP contribution in [0.5, 0.6) is 0 Å². The topological polar surface area (TPSA) is 41.9 Å². The van der Waals surface area contributed by atoms with Gasteiger partial charge >= 0.3 is 0 Å². The summed E-state index contributed by atoms with van der Waals surface area (Å²) in [6, 6.07) is 18.0. The first-order chi connectivity index (χ1) is 12.5. The predicted molar refractivity (Wildman–Crippen MR) is 112 cm³/mol. The van der Waals surface area contributed by atoms with Crippen molar-refractivity contribution in [1.29, 1.82) is 0 Å². The summed E-state index contributed by atoms with van der Waals surface area (Å²) >= 11 is 11.3. The minimum Gasteiger partial charge on any atom is -0.358 e. The molecule has 1 aromatic heterocycles. The lowest BCUT2D eigenvalue weighted by atomic mass is 10.2. The van der Waals surface area contributed by atoms with E-state index in [1.807, 2.05) is 61.0 Å². The van der Waals surface area contributed by atoms with Crippen LogP contribution in [-0.4, -0.2) is 14.9 Å². The van der Waals surface area contributed by atoms with Crippen molar-refractivity contribution < 1.29 is 0 Å². The molecule has 0 amide bonds. The van der Waals surface area contributed by atoms with Gasteiger partial charge in [0.05, 0.1) is 23.6 Å². The number of aryl methyl sites for hydroxylation is 1. The van der Waals surface area contributed by atoms with Crippen LogP contribution in [0.1, 0.15) is 22.5 Å². The second kappa shape index (κ2) is 8.34. The summed E-state index contributed by atoms with van der Waals surface area (Å²) in [7, 11) is 0. The molecule has 3 aromatic rings. The summed E-state index contributed by atoms with van der Waals surface area (Å²) in [6.45, 7) is 5.41. The van der Waals surface area contributed by atoms with Gasteiger partial charge in [-0.1, -0.05) is 54.1 Å². The first-order valence-electron chi connectivity index (χ1n) is 8.40. The maximum atomic E-state index is 5.91. The van der Waals surface area contributed by atoms with Crippen LogP contribution in [0.3, 0.4) is 0 Å². The summed E-state index contributed by atoms with van der Waals surface area (Å²) in [5.74, 6) is 0. The summed E-state index contributed by atoms with van der Waals surface area (Å²) in [6.07, 6.45) is 0. The minimum atomic E-state index is 0.574. The fraction of sp³-hybridized carbons (Fsp3) is 0.200. The van der Waals surface area contributed by atoms with Crippen molar-refractivity contribution in [2.75, 3.05) is 5.32 Å². The Morgan fingerprint density at radius 1 is 1.04 bits per heavy atom. The molecule has 0 radical (unpaired) electrons. The number of anilines is 1. The number of halogens is 1. The highest BCUT2D eigenvalue weighted by Crippen LogP contribution is 2.20. The molecule has 0 spiro atoms. The minimum absolute atomic E-state index is 0.574. The van der Waals surface area contributed by atoms with Gasteiger partial charge in [0, 0.05) is 11.6 Å². The van der Waals surface area contributed by atoms with Crippen molar-refractivity contribution >= 4 is 34.6 Å². The van der Waals surface area contributed by atoms with Crippen molar-refractivity contribution in [1.82, 2.24) is 15.1 Å². The van der Waals surface area contributed by atoms with E-state index < -0.39 is 0 Å². The Morgan fingerprint density at radius 3 is 2.42 bits per heavy atom. The normalized spacial score (nSPS) is 10.6. The molecule has 3 rings (SSSR count). The molecule has 2 aromatic carbocycles. The number of hydrogen-bond acceptors (Lipinski definition) is 2. The highest BCUT2D eigenvalue weighted by atomic mass is 35.5. The maximum Gasteiger partial charge on any atom is 0.171 e. The van der Waals surface area contributed by atoms with E-state index in [-0.39, 0.29) is 0 Å².